The Bertz CT molecular complexity index is 429. The third kappa shape index (κ3) is 5.48. The second-order valence-electron chi connectivity index (χ2n) is 5.55. The van der Waals surface area contributed by atoms with E-state index < -0.39 is 0 Å². The minimum absolute atomic E-state index is 0.0921. The molecule has 1 unspecified atom stereocenters. The van der Waals surface area contributed by atoms with Crippen LogP contribution in [0.1, 0.15) is 30.6 Å². The molecule has 0 radical (unpaired) electrons. The summed E-state index contributed by atoms with van der Waals surface area (Å²) in [7, 11) is 5.77. The van der Waals surface area contributed by atoms with Crippen LogP contribution in [0.15, 0.2) is 24.3 Å². The Labute approximate surface area is 128 Å². The molecular formula is C17H28N2O2. The zero-order chi connectivity index (χ0) is 15.8. The molecule has 1 atom stereocenters. The minimum Gasteiger partial charge on any atom is -0.497 e. The van der Waals surface area contributed by atoms with Crippen LogP contribution in [0.4, 0.5) is 0 Å². The molecule has 21 heavy (non-hydrogen) atoms. The zero-order valence-corrected chi connectivity index (χ0v) is 13.9. The van der Waals surface area contributed by atoms with Crippen molar-refractivity contribution in [2.24, 2.45) is 0 Å². The lowest BCUT2D eigenvalue weighted by Crippen LogP contribution is -2.40. The Balaban J connectivity index is 2.64. The highest BCUT2D eigenvalue weighted by atomic mass is 16.5. The van der Waals surface area contributed by atoms with Gasteiger partial charge in [-0.2, -0.15) is 0 Å². The highest BCUT2D eigenvalue weighted by Gasteiger charge is 2.21. The maximum absolute atomic E-state index is 12.5. The van der Waals surface area contributed by atoms with Crippen molar-refractivity contribution >= 4 is 5.78 Å². The molecule has 0 amide bonds. The van der Waals surface area contributed by atoms with E-state index in [0.29, 0.717) is 0 Å². The van der Waals surface area contributed by atoms with Crippen LogP contribution in [0.25, 0.3) is 0 Å². The molecule has 1 aromatic rings. The van der Waals surface area contributed by atoms with Gasteiger partial charge in [0.1, 0.15) is 5.75 Å². The number of methoxy groups -OCH3 is 1. The molecule has 0 saturated heterocycles. The number of rotatable bonds is 9. The number of likely N-dealkylation sites (N-methyl/N-ethyl adjacent to an activating group) is 1. The topological polar surface area (TPSA) is 32.8 Å². The van der Waals surface area contributed by atoms with Gasteiger partial charge in [0.2, 0.25) is 0 Å². The van der Waals surface area contributed by atoms with Crippen LogP contribution < -0.4 is 4.74 Å². The first kappa shape index (κ1) is 17.7. The van der Waals surface area contributed by atoms with E-state index >= 15 is 0 Å². The van der Waals surface area contributed by atoms with Gasteiger partial charge in [0, 0.05) is 12.1 Å². The summed E-state index contributed by atoms with van der Waals surface area (Å²) >= 11 is 0. The number of ether oxygens (including phenoxy) is 1. The van der Waals surface area contributed by atoms with Gasteiger partial charge in [-0.25, -0.2) is 0 Å². The molecule has 0 aliphatic carbocycles. The van der Waals surface area contributed by atoms with Gasteiger partial charge in [0.05, 0.1) is 13.2 Å². The van der Waals surface area contributed by atoms with E-state index in [9.17, 15) is 4.79 Å². The van der Waals surface area contributed by atoms with Crippen LogP contribution >= 0.6 is 0 Å². The van der Waals surface area contributed by atoms with E-state index in [1.54, 1.807) is 7.11 Å². The van der Waals surface area contributed by atoms with Gasteiger partial charge >= 0.3 is 0 Å². The van der Waals surface area contributed by atoms with Crippen molar-refractivity contribution in [3.05, 3.63) is 29.8 Å². The fraction of sp³-hybridized carbons (Fsp3) is 0.588. The van der Waals surface area contributed by atoms with Crippen molar-refractivity contribution in [2.45, 2.75) is 26.3 Å². The number of Topliss-reactive ketones (excluding diaryl/α,β-unsaturated/α-hetero) is 1. The molecule has 0 bridgehead atoms. The third-order valence-electron chi connectivity index (χ3n) is 3.76. The summed E-state index contributed by atoms with van der Waals surface area (Å²) in [4.78, 5) is 17.0. The number of carbonyl (C=O) groups excluding carboxylic acids is 1. The van der Waals surface area contributed by atoms with Gasteiger partial charge in [-0.15, -0.1) is 0 Å². The molecule has 0 N–H and O–H groups in total. The Kier molecular flexibility index (Phi) is 7.40. The largest absolute Gasteiger partial charge is 0.497 e. The first-order valence-electron chi connectivity index (χ1n) is 7.56. The fourth-order valence-corrected chi connectivity index (χ4v) is 2.38. The Morgan fingerprint density at radius 2 is 1.81 bits per heavy atom. The van der Waals surface area contributed by atoms with Crippen molar-refractivity contribution in [2.75, 3.05) is 40.8 Å². The highest BCUT2D eigenvalue weighted by Crippen LogP contribution is 2.15. The molecule has 0 aliphatic heterocycles. The summed E-state index contributed by atoms with van der Waals surface area (Å²) < 4.78 is 5.13. The van der Waals surface area contributed by atoms with Gasteiger partial charge in [0.15, 0.2) is 5.78 Å². The van der Waals surface area contributed by atoms with Gasteiger partial charge in [-0.3, -0.25) is 9.69 Å². The Hall–Kier alpha value is -1.39. The molecule has 0 aromatic heterocycles. The van der Waals surface area contributed by atoms with Crippen molar-refractivity contribution in [1.29, 1.82) is 0 Å². The lowest BCUT2D eigenvalue weighted by molar-refractivity contribution is 0.0840. The Morgan fingerprint density at radius 3 is 2.29 bits per heavy atom. The molecule has 118 valence electrons. The SMILES string of the molecule is CCN(CCCN(C)C)C(C)C(=O)c1ccc(OC)cc1. The minimum atomic E-state index is -0.0921. The molecular weight excluding hydrogens is 264 g/mol. The number of ketones is 1. The highest BCUT2D eigenvalue weighted by molar-refractivity contribution is 5.99. The molecule has 0 heterocycles. The lowest BCUT2D eigenvalue weighted by atomic mass is 10.0. The normalized spacial score (nSPS) is 12.7. The molecule has 0 spiro atoms. The van der Waals surface area contributed by atoms with Gasteiger partial charge in [-0.1, -0.05) is 6.92 Å². The first-order valence-corrected chi connectivity index (χ1v) is 7.56. The molecule has 0 saturated carbocycles. The molecule has 4 nitrogen and oxygen atoms in total. The second kappa shape index (κ2) is 8.80. The molecule has 0 aliphatic rings. The van der Waals surface area contributed by atoms with Crippen LogP contribution in [0.2, 0.25) is 0 Å². The van der Waals surface area contributed by atoms with Crippen LogP contribution in [-0.2, 0) is 0 Å². The van der Waals surface area contributed by atoms with E-state index in [1.165, 1.54) is 0 Å². The van der Waals surface area contributed by atoms with E-state index in [-0.39, 0.29) is 11.8 Å². The number of hydrogen-bond donors (Lipinski definition) is 0. The van der Waals surface area contributed by atoms with Crippen LogP contribution in [0.3, 0.4) is 0 Å². The standard InChI is InChI=1S/C17H28N2O2/c1-6-19(13-7-12-18(3)4)14(2)17(20)15-8-10-16(21-5)11-9-15/h8-11,14H,6-7,12-13H2,1-5H3. The Morgan fingerprint density at radius 1 is 1.19 bits per heavy atom. The predicted molar refractivity (Wildman–Crippen MR) is 87.2 cm³/mol. The van der Waals surface area contributed by atoms with Crippen molar-refractivity contribution in [1.82, 2.24) is 9.80 Å². The number of nitrogens with zero attached hydrogens (tertiary/aromatic N) is 2. The van der Waals surface area contributed by atoms with E-state index in [4.69, 9.17) is 4.74 Å². The first-order chi connectivity index (χ1) is 9.99. The maximum atomic E-state index is 12.5. The van der Waals surface area contributed by atoms with Gasteiger partial charge in [-0.05, 0) is 64.8 Å². The van der Waals surface area contributed by atoms with Crippen molar-refractivity contribution < 1.29 is 9.53 Å². The monoisotopic (exact) mass is 292 g/mol. The van der Waals surface area contributed by atoms with Crippen LogP contribution in [-0.4, -0.2) is 62.5 Å². The summed E-state index contributed by atoms with van der Waals surface area (Å²) in [5.74, 6) is 0.946. The van der Waals surface area contributed by atoms with Crippen LogP contribution in [0, 0.1) is 0 Å². The third-order valence-corrected chi connectivity index (χ3v) is 3.76. The van der Waals surface area contributed by atoms with Crippen molar-refractivity contribution in [3.63, 3.8) is 0 Å². The summed E-state index contributed by atoms with van der Waals surface area (Å²) in [5, 5.41) is 0. The number of benzene rings is 1. The van der Waals surface area contributed by atoms with Crippen LogP contribution in [0.5, 0.6) is 5.75 Å². The summed E-state index contributed by atoms with van der Waals surface area (Å²) in [6.45, 7) is 6.97. The fourth-order valence-electron chi connectivity index (χ4n) is 2.38. The van der Waals surface area contributed by atoms with Gasteiger partial charge < -0.3 is 9.64 Å². The van der Waals surface area contributed by atoms with E-state index in [1.807, 2.05) is 31.2 Å². The second-order valence-corrected chi connectivity index (χ2v) is 5.55. The molecule has 1 aromatic carbocycles. The van der Waals surface area contributed by atoms with E-state index in [2.05, 4.69) is 30.8 Å². The smallest absolute Gasteiger partial charge is 0.179 e. The molecule has 1 rings (SSSR count). The summed E-state index contributed by atoms with van der Waals surface area (Å²) in [6, 6.07) is 7.26. The molecule has 0 fully saturated rings. The van der Waals surface area contributed by atoms with Crippen molar-refractivity contribution in [3.8, 4) is 5.75 Å². The quantitative estimate of drug-likeness (QED) is 0.655. The maximum Gasteiger partial charge on any atom is 0.179 e. The average Bonchev–Trinajstić information content (AvgIpc) is 2.50. The number of hydrogen-bond acceptors (Lipinski definition) is 4. The lowest BCUT2D eigenvalue weighted by Gasteiger charge is -2.27. The summed E-state index contributed by atoms with van der Waals surface area (Å²) in [6.07, 6.45) is 1.07. The average molecular weight is 292 g/mol. The van der Waals surface area contributed by atoms with E-state index in [0.717, 1.165) is 37.4 Å². The number of carbonyl (C=O) groups is 1. The zero-order valence-electron chi connectivity index (χ0n) is 13.9. The van der Waals surface area contributed by atoms with Gasteiger partial charge in [0.25, 0.3) is 0 Å². The predicted octanol–water partition coefficient (Wildman–Crippen LogP) is 2.54. The molecule has 4 heteroatoms. The summed E-state index contributed by atoms with van der Waals surface area (Å²) in [5.41, 5.74) is 0.745.